The molecule has 0 saturated carbocycles. The first-order chi connectivity index (χ1) is 18.0. The molecule has 13 heteroatoms. The number of halogens is 4. The number of aryl methyl sites for hydroxylation is 1. The fourth-order valence-electron chi connectivity index (χ4n) is 5.17. The van der Waals surface area contributed by atoms with Gasteiger partial charge in [0, 0.05) is 49.6 Å². The zero-order valence-corrected chi connectivity index (χ0v) is 20.5. The van der Waals surface area contributed by atoms with Crippen molar-refractivity contribution in [2.24, 2.45) is 5.92 Å². The van der Waals surface area contributed by atoms with Gasteiger partial charge in [-0.05, 0) is 44.4 Å². The summed E-state index contributed by atoms with van der Waals surface area (Å²) in [7, 11) is 0. The minimum Gasteiger partial charge on any atom is -0.405 e. The van der Waals surface area contributed by atoms with Gasteiger partial charge in [-0.25, -0.2) is 13.9 Å². The quantitative estimate of drug-likeness (QED) is 0.380. The van der Waals surface area contributed by atoms with E-state index in [-0.39, 0.29) is 12.5 Å². The number of piperidine rings is 1. The molecule has 0 spiro atoms. The predicted octanol–water partition coefficient (Wildman–Crippen LogP) is 3.89. The monoisotopic (exact) mass is 534 g/mol. The molecule has 202 valence electrons. The van der Waals surface area contributed by atoms with Crippen LogP contribution in [0.15, 0.2) is 30.5 Å². The van der Waals surface area contributed by atoms with Crippen LogP contribution in [0.1, 0.15) is 46.9 Å². The highest BCUT2D eigenvalue weighted by atomic mass is 19.4. The third-order valence-electron chi connectivity index (χ3n) is 6.97. The molecular formula is C25H26F4N6O3. The molecule has 5 rings (SSSR count). The molecule has 2 aliphatic heterocycles. The maximum atomic E-state index is 14.0. The Labute approximate surface area is 215 Å². The molecule has 1 aromatic carbocycles. The molecule has 3 atom stereocenters. The van der Waals surface area contributed by atoms with Crippen LogP contribution in [0.25, 0.3) is 5.65 Å². The zero-order chi connectivity index (χ0) is 27.2. The number of hydrogen-bond donors (Lipinski definition) is 2. The van der Waals surface area contributed by atoms with Crippen LogP contribution in [0, 0.1) is 24.1 Å². The van der Waals surface area contributed by atoms with Crippen molar-refractivity contribution < 1.29 is 32.2 Å². The van der Waals surface area contributed by atoms with E-state index in [4.69, 9.17) is 10.4 Å². The molecule has 9 nitrogen and oxygen atoms in total. The topological polar surface area (TPSA) is 107 Å². The lowest BCUT2D eigenvalue weighted by Gasteiger charge is -2.35. The van der Waals surface area contributed by atoms with Crippen molar-refractivity contribution in [2.45, 2.75) is 44.7 Å². The molecule has 38 heavy (non-hydrogen) atoms. The number of carbonyl (C=O) groups excluding carboxylic acids is 1. The number of carbonyl (C=O) groups is 1. The third kappa shape index (κ3) is 5.02. The number of rotatable bonds is 5. The van der Waals surface area contributed by atoms with Crippen molar-refractivity contribution in [1.29, 1.82) is 5.41 Å². The number of nitrogens with zero attached hydrogens (tertiary/aromatic N) is 5. The highest BCUT2D eigenvalue weighted by Gasteiger charge is 2.37. The number of anilines is 1. The molecule has 0 bridgehead atoms. The average molecular weight is 535 g/mol. The van der Waals surface area contributed by atoms with Crippen LogP contribution in [-0.2, 0) is 0 Å². The smallest absolute Gasteiger partial charge is 0.405 e. The Kier molecular flexibility index (Phi) is 6.72. The molecule has 0 unspecified atom stereocenters. The largest absolute Gasteiger partial charge is 0.573 e. The van der Waals surface area contributed by atoms with Crippen LogP contribution in [0.3, 0.4) is 0 Å². The van der Waals surface area contributed by atoms with Gasteiger partial charge >= 0.3 is 6.36 Å². The van der Waals surface area contributed by atoms with Crippen LogP contribution in [0.4, 0.5) is 23.4 Å². The molecule has 2 aliphatic rings. The SMILES string of the molecule is Cc1cn2nc([C@@H]3CCCCN3C(=O)c3cc(F)ccc3OC(F)(F)F)cc2nc1N1C[C@@H](C=N)[C@@H](O)C1. The van der Waals surface area contributed by atoms with Crippen molar-refractivity contribution in [3.63, 3.8) is 0 Å². The molecule has 2 fully saturated rings. The summed E-state index contributed by atoms with van der Waals surface area (Å²) in [5.74, 6) is -2.03. The summed E-state index contributed by atoms with van der Waals surface area (Å²) in [5, 5.41) is 22.3. The lowest BCUT2D eigenvalue weighted by molar-refractivity contribution is -0.274. The van der Waals surface area contributed by atoms with Gasteiger partial charge in [0.1, 0.15) is 17.4 Å². The fraction of sp³-hybridized carbons (Fsp3) is 0.440. The van der Waals surface area contributed by atoms with Crippen molar-refractivity contribution in [3.05, 3.63) is 53.1 Å². The number of alkyl halides is 3. The first-order valence-corrected chi connectivity index (χ1v) is 12.2. The van der Waals surface area contributed by atoms with Gasteiger partial charge in [-0.1, -0.05) is 0 Å². The van der Waals surface area contributed by atoms with Gasteiger partial charge < -0.3 is 25.1 Å². The lowest BCUT2D eigenvalue weighted by atomic mass is 9.98. The third-order valence-corrected chi connectivity index (χ3v) is 6.97. The Morgan fingerprint density at radius 2 is 2.03 bits per heavy atom. The van der Waals surface area contributed by atoms with Crippen molar-refractivity contribution in [1.82, 2.24) is 19.5 Å². The summed E-state index contributed by atoms with van der Waals surface area (Å²) in [6.07, 6.45) is -0.775. The number of aliphatic hydroxyl groups is 1. The highest BCUT2D eigenvalue weighted by Crippen LogP contribution is 2.35. The summed E-state index contributed by atoms with van der Waals surface area (Å²) in [5.41, 5.74) is 1.30. The molecule has 2 N–H and O–H groups in total. The minimum atomic E-state index is -5.04. The number of nitrogens with one attached hydrogen (secondary N) is 1. The van der Waals surface area contributed by atoms with E-state index in [1.54, 1.807) is 16.8 Å². The number of ether oxygens (including phenoxy) is 1. The Hall–Kier alpha value is -3.74. The molecule has 4 heterocycles. The Morgan fingerprint density at radius 1 is 1.24 bits per heavy atom. The normalized spacial score (nSPS) is 22.2. The van der Waals surface area contributed by atoms with E-state index in [0.717, 1.165) is 30.2 Å². The van der Waals surface area contributed by atoms with Gasteiger partial charge in [0.2, 0.25) is 0 Å². The van der Waals surface area contributed by atoms with Gasteiger partial charge in [0.05, 0.1) is 23.4 Å². The molecule has 0 aliphatic carbocycles. The molecule has 2 aromatic heterocycles. The maximum Gasteiger partial charge on any atom is 0.573 e. The van der Waals surface area contributed by atoms with Gasteiger partial charge in [-0.2, -0.15) is 5.10 Å². The summed E-state index contributed by atoms with van der Waals surface area (Å²) >= 11 is 0. The maximum absolute atomic E-state index is 14.0. The predicted molar refractivity (Wildman–Crippen MR) is 129 cm³/mol. The number of fused-ring (bicyclic) bond motifs is 1. The molecule has 2 saturated heterocycles. The van der Waals surface area contributed by atoms with E-state index in [9.17, 15) is 27.5 Å². The Morgan fingerprint density at radius 3 is 2.74 bits per heavy atom. The number of amides is 1. The Bertz CT molecular complexity index is 1380. The van der Waals surface area contributed by atoms with Crippen LogP contribution in [-0.4, -0.2) is 68.8 Å². The van der Waals surface area contributed by atoms with Gasteiger partial charge in [-0.3, -0.25) is 4.79 Å². The lowest BCUT2D eigenvalue weighted by Crippen LogP contribution is -2.39. The number of β-amino-alcohol motifs (C(OH)–C–C–N with tert-alkyl or cyclic N) is 1. The summed E-state index contributed by atoms with van der Waals surface area (Å²) in [4.78, 5) is 21.5. The van der Waals surface area contributed by atoms with Crippen molar-refractivity contribution in [2.75, 3.05) is 24.5 Å². The molecular weight excluding hydrogens is 508 g/mol. The summed E-state index contributed by atoms with van der Waals surface area (Å²) in [6.45, 7) is 2.91. The van der Waals surface area contributed by atoms with Gasteiger partial charge in [-0.15, -0.1) is 13.2 Å². The van der Waals surface area contributed by atoms with E-state index in [2.05, 4.69) is 9.84 Å². The van der Waals surface area contributed by atoms with E-state index >= 15 is 0 Å². The highest BCUT2D eigenvalue weighted by molar-refractivity contribution is 5.97. The molecule has 0 radical (unpaired) electrons. The second kappa shape index (κ2) is 9.86. The van der Waals surface area contributed by atoms with E-state index in [1.165, 1.54) is 11.1 Å². The van der Waals surface area contributed by atoms with Crippen LogP contribution in [0.2, 0.25) is 0 Å². The summed E-state index contributed by atoms with van der Waals surface area (Å²) in [6, 6.07) is 3.52. The average Bonchev–Trinajstić information content (AvgIpc) is 3.45. The van der Waals surface area contributed by atoms with Crippen LogP contribution < -0.4 is 9.64 Å². The summed E-state index contributed by atoms with van der Waals surface area (Å²) < 4.78 is 58.4. The second-order valence-electron chi connectivity index (χ2n) is 9.62. The van der Waals surface area contributed by atoms with Crippen LogP contribution in [0.5, 0.6) is 5.75 Å². The molecule has 3 aromatic rings. The standard InChI is InChI=1S/C25H26F4N6O3/c1-14-11-35-22(31-23(14)33-12-15(10-30)20(36)13-33)9-18(32-35)19-4-2-3-7-34(19)24(37)17-8-16(26)5-6-21(17)38-25(27,28)29/h5-6,8-11,15,19-20,30,36H,2-4,7,12-13H2,1H3/t15-,19+,20+/m1/s1. The first-order valence-electron chi connectivity index (χ1n) is 12.2. The number of benzene rings is 1. The van der Waals surface area contributed by atoms with Crippen molar-refractivity contribution >= 4 is 23.6 Å². The fourth-order valence-corrected chi connectivity index (χ4v) is 5.17. The second-order valence-corrected chi connectivity index (χ2v) is 9.62. The minimum absolute atomic E-state index is 0.258. The van der Waals surface area contributed by atoms with Gasteiger partial charge in [0.25, 0.3) is 5.91 Å². The molecule has 1 amide bonds. The number of aliphatic hydroxyl groups excluding tert-OH is 1. The van der Waals surface area contributed by atoms with Gasteiger partial charge in [0.15, 0.2) is 5.65 Å². The Balaban J connectivity index is 1.47. The van der Waals surface area contributed by atoms with Crippen molar-refractivity contribution in [3.8, 4) is 5.75 Å². The van der Waals surface area contributed by atoms with Crippen LogP contribution >= 0.6 is 0 Å². The van der Waals surface area contributed by atoms with E-state index < -0.39 is 41.5 Å². The first kappa shape index (κ1) is 25.9. The van der Waals surface area contributed by atoms with E-state index in [1.807, 2.05) is 11.8 Å². The number of hydrogen-bond acceptors (Lipinski definition) is 7. The number of aromatic nitrogens is 3. The van der Waals surface area contributed by atoms with E-state index in [0.29, 0.717) is 43.1 Å². The zero-order valence-electron chi connectivity index (χ0n) is 20.5. The number of likely N-dealkylation sites (tertiary alicyclic amines) is 1.